The van der Waals surface area contributed by atoms with Gasteiger partial charge >= 0.3 is 0 Å². The number of aliphatic hydroxyl groups is 1. The van der Waals surface area contributed by atoms with E-state index >= 15 is 0 Å². The molecule has 1 heterocycles. The number of aryl methyl sites for hydroxylation is 1. The summed E-state index contributed by atoms with van der Waals surface area (Å²) in [5.41, 5.74) is 7.33. The fraction of sp³-hybridized carbons (Fsp3) is 0.500. The van der Waals surface area contributed by atoms with Gasteiger partial charge < -0.3 is 15.7 Å². The highest BCUT2D eigenvalue weighted by atomic mass is 16.3. The number of hydrogen-bond donors (Lipinski definition) is 2. The molecular weight excluding hydrogens is 178 g/mol. The van der Waals surface area contributed by atoms with E-state index in [0.717, 1.165) is 17.9 Å². The van der Waals surface area contributed by atoms with Gasteiger partial charge in [0.2, 0.25) is 0 Å². The topological polar surface area (TPSA) is 62.4 Å². The summed E-state index contributed by atoms with van der Waals surface area (Å²) >= 11 is 0. The highest BCUT2D eigenvalue weighted by Crippen LogP contribution is 2.18. The normalized spacial score (nSPS) is 10.2. The third-order valence-electron chi connectivity index (χ3n) is 2.12. The highest BCUT2D eigenvalue weighted by molar-refractivity contribution is 5.52. The van der Waals surface area contributed by atoms with Gasteiger partial charge in [-0.2, -0.15) is 0 Å². The Labute approximate surface area is 84.4 Å². The second-order valence-corrected chi connectivity index (χ2v) is 3.21. The van der Waals surface area contributed by atoms with Gasteiger partial charge in [-0.3, -0.25) is 0 Å². The summed E-state index contributed by atoms with van der Waals surface area (Å²) in [5, 5.41) is 8.88. The van der Waals surface area contributed by atoms with Crippen molar-refractivity contribution in [3.63, 3.8) is 0 Å². The van der Waals surface area contributed by atoms with E-state index < -0.39 is 0 Å². The SMILES string of the molecule is CCN(CCO)c1ncc(N)cc1C. The minimum Gasteiger partial charge on any atom is -0.397 e. The fourth-order valence-electron chi connectivity index (χ4n) is 1.45. The maximum atomic E-state index is 8.88. The molecule has 3 N–H and O–H groups in total. The van der Waals surface area contributed by atoms with E-state index in [1.807, 2.05) is 24.8 Å². The molecule has 0 amide bonds. The Morgan fingerprint density at radius 1 is 1.57 bits per heavy atom. The lowest BCUT2D eigenvalue weighted by molar-refractivity contribution is 0.302. The number of nitrogens with zero attached hydrogens (tertiary/aromatic N) is 2. The third kappa shape index (κ3) is 2.35. The fourth-order valence-corrected chi connectivity index (χ4v) is 1.45. The van der Waals surface area contributed by atoms with Gasteiger partial charge in [0, 0.05) is 13.1 Å². The zero-order valence-electron chi connectivity index (χ0n) is 8.70. The van der Waals surface area contributed by atoms with Crippen LogP contribution in [0, 0.1) is 6.92 Å². The molecule has 0 unspecified atom stereocenters. The first-order valence-corrected chi connectivity index (χ1v) is 4.77. The number of aliphatic hydroxyl groups excluding tert-OH is 1. The molecule has 0 saturated heterocycles. The first kappa shape index (κ1) is 10.8. The Balaban J connectivity index is 2.92. The van der Waals surface area contributed by atoms with Crippen molar-refractivity contribution in [1.29, 1.82) is 0 Å². The second kappa shape index (κ2) is 4.81. The van der Waals surface area contributed by atoms with Crippen molar-refractivity contribution in [1.82, 2.24) is 4.98 Å². The largest absolute Gasteiger partial charge is 0.397 e. The van der Waals surface area contributed by atoms with Gasteiger partial charge in [-0.15, -0.1) is 0 Å². The van der Waals surface area contributed by atoms with E-state index in [0.29, 0.717) is 12.2 Å². The molecule has 4 nitrogen and oxygen atoms in total. The third-order valence-corrected chi connectivity index (χ3v) is 2.12. The molecule has 0 aliphatic heterocycles. The molecule has 4 heteroatoms. The molecule has 1 rings (SSSR count). The Morgan fingerprint density at radius 3 is 2.79 bits per heavy atom. The maximum absolute atomic E-state index is 8.88. The molecule has 0 atom stereocenters. The summed E-state index contributed by atoms with van der Waals surface area (Å²) < 4.78 is 0. The van der Waals surface area contributed by atoms with Crippen LogP contribution in [0.2, 0.25) is 0 Å². The lowest BCUT2D eigenvalue weighted by Gasteiger charge is -2.22. The van der Waals surface area contributed by atoms with Crippen molar-refractivity contribution in [2.45, 2.75) is 13.8 Å². The number of rotatable bonds is 4. The first-order valence-electron chi connectivity index (χ1n) is 4.77. The lowest BCUT2D eigenvalue weighted by Crippen LogP contribution is -2.27. The van der Waals surface area contributed by atoms with Crippen LogP contribution in [0.5, 0.6) is 0 Å². The van der Waals surface area contributed by atoms with Gasteiger partial charge in [-0.25, -0.2) is 4.98 Å². The van der Waals surface area contributed by atoms with Gasteiger partial charge in [0.15, 0.2) is 0 Å². The highest BCUT2D eigenvalue weighted by Gasteiger charge is 2.07. The summed E-state index contributed by atoms with van der Waals surface area (Å²) in [6.07, 6.45) is 1.64. The number of hydrogen-bond acceptors (Lipinski definition) is 4. The maximum Gasteiger partial charge on any atom is 0.131 e. The molecule has 1 aromatic heterocycles. The Morgan fingerprint density at radius 2 is 2.29 bits per heavy atom. The summed E-state index contributed by atoms with van der Waals surface area (Å²) in [5.74, 6) is 0.899. The number of likely N-dealkylation sites (N-methyl/N-ethyl adjacent to an activating group) is 1. The van der Waals surface area contributed by atoms with Crippen LogP contribution < -0.4 is 10.6 Å². The lowest BCUT2D eigenvalue weighted by atomic mass is 10.2. The monoisotopic (exact) mass is 195 g/mol. The van der Waals surface area contributed by atoms with Crippen LogP contribution >= 0.6 is 0 Å². The average Bonchev–Trinajstić information content (AvgIpc) is 2.15. The van der Waals surface area contributed by atoms with Gasteiger partial charge in [0.25, 0.3) is 0 Å². The number of nitrogen functional groups attached to an aromatic ring is 1. The van der Waals surface area contributed by atoms with E-state index in [4.69, 9.17) is 10.8 Å². The van der Waals surface area contributed by atoms with Gasteiger partial charge in [0.1, 0.15) is 5.82 Å². The van der Waals surface area contributed by atoms with Crippen molar-refractivity contribution >= 4 is 11.5 Å². The first-order chi connectivity index (χ1) is 6.69. The smallest absolute Gasteiger partial charge is 0.131 e. The molecule has 0 saturated carbocycles. The quantitative estimate of drug-likeness (QED) is 0.745. The predicted molar refractivity (Wildman–Crippen MR) is 58.4 cm³/mol. The molecule has 0 aliphatic rings. The molecule has 0 spiro atoms. The number of anilines is 2. The van der Waals surface area contributed by atoms with Crippen LogP contribution in [0.15, 0.2) is 12.3 Å². The van der Waals surface area contributed by atoms with Crippen LogP contribution in [0.4, 0.5) is 11.5 Å². The van der Waals surface area contributed by atoms with Crippen LogP contribution in [0.3, 0.4) is 0 Å². The average molecular weight is 195 g/mol. The molecule has 0 aliphatic carbocycles. The summed E-state index contributed by atoms with van der Waals surface area (Å²) in [7, 11) is 0. The van der Waals surface area contributed by atoms with Crippen LogP contribution in [-0.4, -0.2) is 29.8 Å². The van der Waals surface area contributed by atoms with Crippen molar-refractivity contribution in [3.05, 3.63) is 17.8 Å². The zero-order chi connectivity index (χ0) is 10.6. The number of nitrogens with two attached hydrogens (primary N) is 1. The van der Waals surface area contributed by atoms with Crippen molar-refractivity contribution in [2.24, 2.45) is 0 Å². The molecule has 78 valence electrons. The Bertz CT molecular complexity index is 301. The van der Waals surface area contributed by atoms with Crippen LogP contribution in [0.1, 0.15) is 12.5 Å². The van der Waals surface area contributed by atoms with Crippen molar-refractivity contribution in [3.8, 4) is 0 Å². The molecule has 1 aromatic rings. The standard InChI is InChI=1S/C10H17N3O/c1-3-13(4-5-14)10-8(2)6-9(11)7-12-10/h6-7,14H,3-5,11H2,1-2H3. The number of aromatic nitrogens is 1. The van der Waals surface area contributed by atoms with Gasteiger partial charge in [-0.1, -0.05) is 0 Å². The van der Waals surface area contributed by atoms with Crippen molar-refractivity contribution < 1.29 is 5.11 Å². The molecular formula is C10H17N3O. The van der Waals surface area contributed by atoms with Gasteiger partial charge in [0.05, 0.1) is 18.5 Å². The molecule has 14 heavy (non-hydrogen) atoms. The van der Waals surface area contributed by atoms with Gasteiger partial charge in [-0.05, 0) is 25.5 Å². The van der Waals surface area contributed by atoms with Crippen molar-refractivity contribution in [2.75, 3.05) is 30.3 Å². The zero-order valence-corrected chi connectivity index (χ0v) is 8.70. The minimum absolute atomic E-state index is 0.138. The van der Waals surface area contributed by atoms with E-state index in [9.17, 15) is 0 Å². The van der Waals surface area contributed by atoms with Crippen LogP contribution in [0.25, 0.3) is 0 Å². The number of pyridine rings is 1. The summed E-state index contributed by atoms with van der Waals surface area (Å²) in [4.78, 5) is 6.28. The van der Waals surface area contributed by atoms with E-state index in [1.54, 1.807) is 6.20 Å². The van der Waals surface area contributed by atoms with Crippen LogP contribution in [-0.2, 0) is 0 Å². The summed E-state index contributed by atoms with van der Waals surface area (Å²) in [6.45, 7) is 5.58. The molecule has 0 aromatic carbocycles. The Hall–Kier alpha value is -1.29. The Kier molecular flexibility index (Phi) is 3.71. The molecule has 0 fully saturated rings. The summed E-state index contributed by atoms with van der Waals surface area (Å²) in [6, 6.07) is 1.89. The molecule has 0 bridgehead atoms. The predicted octanol–water partition coefficient (Wildman–Crippen LogP) is 0.791. The second-order valence-electron chi connectivity index (χ2n) is 3.21. The minimum atomic E-state index is 0.138. The van der Waals surface area contributed by atoms with E-state index in [2.05, 4.69) is 4.98 Å². The molecule has 0 radical (unpaired) electrons. The van der Waals surface area contributed by atoms with E-state index in [-0.39, 0.29) is 6.61 Å². The van der Waals surface area contributed by atoms with E-state index in [1.165, 1.54) is 0 Å².